The van der Waals surface area contributed by atoms with Crippen LogP contribution in [0.4, 0.5) is 8.78 Å². The molecule has 0 aliphatic carbocycles. The van der Waals surface area contributed by atoms with Crippen LogP contribution in [0.1, 0.15) is 32.1 Å². The number of hydrazine groups is 1. The lowest BCUT2D eigenvalue weighted by Crippen LogP contribution is -2.38. The molecule has 1 rings (SSSR count). The summed E-state index contributed by atoms with van der Waals surface area (Å²) in [6.45, 7) is 3.71. The number of hydrogen-bond donors (Lipinski definition) is 2. The van der Waals surface area contributed by atoms with Gasteiger partial charge in [0, 0.05) is 25.1 Å². The van der Waals surface area contributed by atoms with Gasteiger partial charge in [-0.1, -0.05) is 0 Å². The van der Waals surface area contributed by atoms with Crippen molar-refractivity contribution in [2.75, 3.05) is 13.2 Å². The van der Waals surface area contributed by atoms with Crippen LogP contribution in [0.5, 0.6) is 0 Å². The van der Waals surface area contributed by atoms with Crippen LogP contribution < -0.4 is 11.3 Å². The van der Waals surface area contributed by atoms with E-state index in [1.807, 2.05) is 18.5 Å². The first-order chi connectivity index (χ1) is 9.04. The van der Waals surface area contributed by atoms with Crippen molar-refractivity contribution in [1.82, 2.24) is 20.2 Å². The average molecular weight is 277 g/mol. The van der Waals surface area contributed by atoms with Crippen molar-refractivity contribution < 1.29 is 13.5 Å². The average Bonchev–Trinajstić information content (AvgIpc) is 2.80. The second-order valence-electron chi connectivity index (χ2n) is 4.54. The molecule has 19 heavy (non-hydrogen) atoms. The zero-order valence-electron chi connectivity index (χ0n) is 11.2. The summed E-state index contributed by atoms with van der Waals surface area (Å²) in [5.74, 6) is 6.26. The molecule has 3 N–H and O–H groups in total. The predicted octanol–water partition coefficient (Wildman–Crippen LogP) is 0.905. The Kier molecular flexibility index (Phi) is 6.82. The van der Waals surface area contributed by atoms with Crippen LogP contribution in [0.2, 0.25) is 0 Å². The number of ether oxygens (including phenoxy) is 1. The Balaban J connectivity index is 2.41. The lowest BCUT2D eigenvalue weighted by atomic mass is 10.1. The van der Waals surface area contributed by atoms with Gasteiger partial charge in [-0.2, -0.15) is 5.10 Å². The maximum absolute atomic E-state index is 11.9. The Bertz CT molecular complexity index is 359. The van der Waals surface area contributed by atoms with Gasteiger partial charge in [0.25, 0.3) is 6.43 Å². The molecule has 0 radical (unpaired) electrons. The molecular formula is C11H21F2N5O. The van der Waals surface area contributed by atoms with Crippen LogP contribution in [-0.2, 0) is 11.2 Å². The van der Waals surface area contributed by atoms with Crippen molar-refractivity contribution in [3.05, 3.63) is 12.2 Å². The molecule has 0 bridgehead atoms. The van der Waals surface area contributed by atoms with Crippen molar-refractivity contribution in [1.29, 1.82) is 0 Å². The lowest BCUT2D eigenvalue weighted by Gasteiger charge is -2.17. The van der Waals surface area contributed by atoms with Gasteiger partial charge in [0.1, 0.15) is 18.8 Å². The minimum Gasteiger partial charge on any atom is -0.375 e. The SMILES string of the molecule is CC(C)n1ncnc1CC(CCOCC(F)F)NN. The molecular weight excluding hydrogens is 256 g/mol. The van der Waals surface area contributed by atoms with Crippen molar-refractivity contribution in [2.45, 2.75) is 45.2 Å². The Morgan fingerprint density at radius 1 is 1.47 bits per heavy atom. The fourth-order valence-electron chi connectivity index (χ4n) is 1.71. The summed E-state index contributed by atoms with van der Waals surface area (Å²) in [5.41, 5.74) is 2.65. The van der Waals surface area contributed by atoms with Crippen LogP contribution in [0.25, 0.3) is 0 Å². The summed E-state index contributed by atoms with van der Waals surface area (Å²) < 4.78 is 30.4. The smallest absolute Gasteiger partial charge is 0.261 e. The molecule has 1 atom stereocenters. The van der Waals surface area contributed by atoms with E-state index in [0.29, 0.717) is 12.8 Å². The van der Waals surface area contributed by atoms with Crippen LogP contribution in [0.3, 0.4) is 0 Å². The Hall–Kier alpha value is -1.12. The van der Waals surface area contributed by atoms with Gasteiger partial charge >= 0.3 is 0 Å². The lowest BCUT2D eigenvalue weighted by molar-refractivity contribution is 0.0143. The molecule has 0 saturated carbocycles. The zero-order chi connectivity index (χ0) is 14.3. The molecule has 110 valence electrons. The highest BCUT2D eigenvalue weighted by Crippen LogP contribution is 2.09. The van der Waals surface area contributed by atoms with E-state index in [1.54, 1.807) is 0 Å². The van der Waals surface area contributed by atoms with Gasteiger partial charge in [-0.05, 0) is 20.3 Å². The van der Waals surface area contributed by atoms with Crippen LogP contribution in [0, 0.1) is 0 Å². The summed E-state index contributed by atoms with van der Waals surface area (Å²) in [4.78, 5) is 4.18. The van der Waals surface area contributed by atoms with Crippen LogP contribution >= 0.6 is 0 Å². The molecule has 1 aromatic rings. The summed E-state index contributed by atoms with van der Waals surface area (Å²) >= 11 is 0. The highest BCUT2D eigenvalue weighted by atomic mass is 19.3. The van der Waals surface area contributed by atoms with Crippen molar-refractivity contribution in [2.24, 2.45) is 5.84 Å². The highest BCUT2D eigenvalue weighted by Gasteiger charge is 2.14. The number of hydrogen-bond acceptors (Lipinski definition) is 5. The molecule has 6 nitrogen and oxygen atoms in total. The van der Waals surface area contributed by atoms with Crippen molar-refractivity contribution in [3.63, 3.8) is 0 Å². The monoisotopic (exact) mass is 277 g/mol. The molecule has 0 aromatic carbocycles. The Morgan fingerprint density at radius 3 is 2.79 bits per heavy atom. The molecule has 0 saturated heterocycles. The van der Waals surface area contributed by atoms with E-state index in [4.69, 9.17) is 10.6 Å². The molecule has 1 aromatic heterocycles. The molecule has 0 aliphatic heterocycles. The van der Waals surface area contributed by atoms with Crippen LogP contribution in [0.15, 0.2) is 6.33 Å². The third kappa shape index (κ3) is 5.58. The predicted molar refractivity (Wildman–Crippen MR) is 66.7 cm³/mol. The summed E-state index contributed by atoms with van der Waals surface area (Å²) in [7, 11) is 0. The number of nitrogens with zero attached hydrogens (tertiary/aromatic N) is 3. The van der Waals surface area contributed by atoms with Gasteiger partial charge in [-0.3, -0.25) is 11.3 Å². The number of nitrogens with two attached hydrogens (primary N) is 1. The third-order valence-electron chi connectivity index (χ3n) is 2.66. The summed E-state index contributed by atoms with van der Waals surface area (Å²) in [6.07, 6.45) is 0.171. The second-order valence-corrected chi connectivity index (χ2v) is 4.54. The first kappa shape index (κ1) is 15.9. The van der Waals surface area contributed by atoms with E-state index in [1.165, 1.54) is 6.33 Å². The molecule has 8 heteroatoms. The summed E-state index contributed by atoms with van der Waals surface area (Å²) in [5, 5.41) is 4.13. The van der Waals surface area contributed by atoms with E-state index >= 15 is 0 Å². The topological polar surface area (TPSA) is 78.0 Å². The largest absolute Gasteiger partial charge is 0.375 e. The van der Waals surface area contributed by atoms with Gasteiger partial charge in [0.2, 0.25) is 0 Å². The van der Waals surface area contributed by atoms with Gasteiger partial charge in [0.05, 0.1) is 0 Å². The van der Waals surface area contributed by atoms with Gasteiger partial charge < -0.3 is 4.74 Å². The molecule has 1 heterocycles. The third-order valence-corrected chi connectivity index (χ3v) is 2.66. The molecule has 0 amide bonds. The number of alkyl halides is 2. The van der Waals surface area contributed by atoms with Crippen molar-refractivity contribution in [3.8, 4) is 0 Å². The van der Waals surface area contributed by atoms with E-state index in [2.05, 4.69) is 15.5 Å². The standard InChI is InChI=1S/C11H21F2N5O/c1-8(2)18-11(15-7-16-18)5-9(17-14)3-4-19-6-10(12)13/h7-10,17H,3-6,14H2,1-2H3. The first-order valence-corrected chi connectivity index (χ1v) is 6.25. The van der Waals surface area contributed by atoms with Gasteiger partial charge in [-0.15, -0.1) is 0 Å². The van der Waals surface area contributed by atoms with E-state index in [9.17, 15) is 8.78 Å². The maximum atomic E-state index is 11.9. The van der Waals surface area contributed by atoms with E-state index < -0.39 is 13.0 Å². The van der Waals surface area contributed by atoms with E-state index in [0.717, 1.165) is 5.82 Å². The van der Waals surface area contributed by atoms with Gasteiger partial charge in [-0.25, -0.2) is 18.4 Å². The van der Waals surface area contributed by atoms with Gasteiger partial charge in [0.15, 0.2) is 0 Å². The highest BCUT2D eigenvalue weighted by molar-refractivity contribution is 4.90. The number of nitrogens with one attached hydrogen (secondary N) is 1. The summed E-state index contributed by atoms with van der Waals surface area (Å²) in [6, 6.07) is 0.130. The quantitative estimate of drug-likeness (QED) is 0.398. The first-order valence-electron chi connectivity index (χ1n) is 6.25. The van der Waals surface area contributed by atoms with Crippen molar-refractivity contribution >= 4 is 0 Å². The van der Waals surface area contributed by atoms with E-state index in [-0.39, 0.29) is 18.7 Å². The minimum absolute atomic E-state index is 0.0839. The fraction of sp³-hybridized carbons (Fsp3) is 0.818. The Morgan fingerprint density at radius 2 is 2.21 bits per heavy atom. The molecule has 1 unspecified atom stereocenters. The number of aromatic nitrogens is 3. The normalized spacial score (nSPS) is 13.4. The Labute approximate surface area is 111 Å². The zero-order valence-corrected chi connectivity index (χ0v) is 11.2. The molecule has 0 aliphatic rings. The maximum Gasteiger partial charge on any atom is 0.261 e. The molecule has 0 fully saturated rings. The second kappa shape index (κ2) is 8.13. The minimum atomic E-state index is -2.44. The fourth-order valence-corrected chi connectivity index (χ4v) is 1.71. The van der Waals surface area contributed by atoms with Crippen LogP contribution in [-0.4, -0.2) is 40.4 Å². The number of halogens is 2. The number of rotatable bonds is 9. The molecule has 0 spiro atoms.